The molecule has 2 aromatic heterocycles. The molecule has 0 bridgehead atoms. The number of ether oxygens (including phenoxy) is 1. The van der Waals surface area contributed by atoms with E-state index < -0.39 is 0 Å². The zero-order chi connectivity index (χ0) is 14.8. The van der Waals surface area contributed by atoms with Crippen LogP contribution in [0.5, 0.6) is 5.75 Å². The van der Waals surface area contributed by atoms with Crippen LogP contribution in [0.4, 0.5) is 0 Å². The summed E-state index contributed by atoms with van der Waals surface area (Å²) in [5.41, 5.74) is 2.23. The van der Waals surface area contributed by atoms with E-state index in [0.717, 1.165) is 22.3 Å². The number of pyridine rings is 2. The fourth-order valence-electron chi connectivity index (χ4n) is 2.18. The van der Waals surface area contributed by atoms with Crippen LogP contribution in [0.3, 0.4) is 0 Å². The number of fused-ring (bicyclic) bond motifs is 1. The third-order valence-electron chi connectivity index (χ3n) is 3.03. The Kier molecular flexibility index (Phi) is 3.76. The van der Waals surface area contributed by atoms with Crippen molar-refractivity contribution in [1.29, 1.82) is 0 Å². The number of benzene rings is 1. The topological polar surface area (TPSA) is 35.0 Å². The minimum absolute atomic E-state index is 0.0892. The summed E-state index contributed by atoms with van der Waals surface area (Å²) in [6.45, 7) is 3.99. The number of para-hydroxylation sites is 1. The molecule has 3 nitrogen and oxygen atoms in total. The summed E-state index contributed by atoms with van der Waals surface area (Å²) in [6.07, 6.45) is 1.82. The fraction of sp³-hybridized carbons (Fsp3) is 0.176. The summed E-state index contributed by atoms with van der Waals surface area (Å²) in [5, 5.41) is 1.54. The normalized spacial score (nSPS) is 11.0. The van der Waals surface area contributed by atoms with E-state index in [1.807, 2.05) is 56.3 Å². The van der Waals surface area contributed by atoms with Crippen molar-refractivity contribution >= 4 is 22.5 Å². The second kappa shape index (κ2) is 5.70. The Morgan fingerprint density at radius 2 is 1.95 bits per heavy atom. The molecule has 0 radical (unpaired) electrons. The van der Waals surface area contributed by atoms with Gasteiger partial charge in [0.2, 0.25) is 0 Å². The maximum Gasteiger partial charge on any atom is 0.145 e. The molecule has 0 saturated heterocycles. The number of nitrogens with zero attached hydrogens (tertiary/aromatic N) is 2. The van der Waals surface area contributed by atoms with Crippen LogP contribution in [-0.4, -0.2) is 16.1 Å². The molecule has 0 unspecified atom stereocenters. The Labute approximate surface area is 128 Å². The fourth-order valence-corrected chi connectivity index (χ4v) is 2.43. The van der Waals surface area contributed by atoms with E-state index in [9.17, 15) is 0 Å². The highest BCUT2D eigenvalue weighted by molar-refractivity contribution is 6.33. The van der Waals surface area contributed by atoms with E-state index in [1.165, 1.54) is 0 Å². The van der Waals surface area contributed by atoms with Gasteiger partial charge in [0.05, 0.1) is 16.8 Å². The molecule has 21 heavy (non-hydrogen) atoms. The molecular weight excluding hydrogens is 284 g/mol. The molecule has 0 aliphatic rings. The van der Waals surface area contributed by atoms with Crippen LogP contribution < -0.4 is 4.74 Å². The molecule has 3 aromatic rings. The zero-order valence-electron chi connectivity index (χ0n) is 11.9. The molecular formula is C17H15ClN2O. The van der Waals surface area contributed by atoms with Gasteiger partial charge in [0.1, 0.15) is 17.0 Å². The average molecular weight is 299 g/mol. The number of hydrogen-bond acceptors (Lipinski definition) is 3. The van der Waals surface area contributed by atoms with E-state index in [1.54, 1.807) is 6.20 Å². The Morgan fingerprint density at radius 1 is 1.10 bits per heavy atom. The van der Waals surface area contributed by atoms with E-state index in [0.29, 0.717) is 10.7 Å². The van der Waals surface area contributed by atoms with Crippen LogP contribution in [0.25, 0.3) is 22.3 Å². The van der Waals surface area contributed by atoms with Gasteiger partial charge in [-0.1, -0.05) is 29.8 Å². The van der Waals surface area contributed by atoms with E-state index >= 15 is 0 Å². The zero-order valence-corrected chi connectivity index (χ0v) is 12.6. The van der Waals surface area contributed by atoms with Crippen LogP contribution >= 0.6 is 11.6 Å². The minimum Gasteiger partial charge on any atom is -0.489 e. The van der Waals surface area contributed by atoms with Crippen molar-refractivity contribution in [1.82, 2.24) is 9.97 Å². The highest BCUT2D eigenvalue weighted by Gasteiger charge is 2.12. The second-order valence-electron chi connectivity index (χ2n) is 5.03. The highest BCUT2D eigenvalue weighted by atomic mass is 35.5. The van der Waals surface area contributed by atoms with Gasteiger partial charge in [-0.2, -0.15) is 0 Å². The van der Waals surface area contributed by atoms with Crippen LogP contribution in [-0.2, 0) is 0 Å². The minimum atomic E-state index is 0.0892. The first kappa shape index (κ1) is 13.8. The maximum atomic E-state index is 6.35. The van der Waals surface area contributed by atoms with Gasteiger partial charge in [-0.15, -0.1) is 0 Å². The predicted molar refractivity (Wildman–Crippen MR) is 85.7 cm³/mol. The van der Waals surface area contributed by atoms with Crippen molar-refractivity contribution in [3.63, 3.8) is 0 Å². The molecule has 0 saturated carbocycles. The largest absolute Gasteiger partial charge is 0.489 e. The lowest BCUT2D eigenvalue weighted by atomic mass is 10.1. The molecule has 2 heterocycles. The van der Waals surface area contributed by atoms with Crippen LogP contribution in [0, 0.1) is 0 Å². The van der Waals surface area contributed by atoms with Gasteiger partial charge in [0, 0.05) is 11.6 Å². The molecule has 0 atom stereocenters. The third kappa shape index (κ3) is 2.83. The molecule has 0 N–H and O–H groups in total. The van der Waals surface area contributed by atoms with E-state index in [2.05, 4.69) is 9.97 Å². The Morgan fingerprint density at radius 3 is 2.67 bits per heavy atom. The first-order valence-electron chi connectivity index (χ1n) is 6.82. The van der Waals surface area contributed by atoms with Crippen LogP contribution in [0.2, 0.25) is 5.02 Å². The monoisotopic (exact) mass is 298 g/mol. The van der Waals surface area contributed by atoms with E-state index in [4.69, 9.17) is 16.3 Å². The number of rotatable bonds is 3. The first-order valence-corrected chi connectivity index (χ1v) is 7.20. The molecule has 0 spiro atoms. The Bertz CT molecular complexity index is 772. The quantitative estimate of drug-likeness (QED) is 0.700. The van der Waals surface area contributed by atoms with Gasteiger partial charge in [-0.25, -0.2) is 4.98 Å². The van der Waals surface area contributed by atoms with Gasteiger partial charge in [-0.3, -0.25) is 4.98 Å². The van der Waals surface area contributed by atoms with Gasteiger partial charge in [-0.05, 0) is 38.1 Å². The first-order chi connectivity index (χ1) is 10.1. The Balaban J connectivity index is 2.21. The van der Waals surface area contributed by atoms with Crippen molar-refractivity contribution in [3.05, 3.63) is 53.7 Å². The lowest BCUT2D eigenvalue weighted by molar-refractivity contribution is 0.245. The van der Waals surface area contributed by atoms with Crippen molar-refractivity contribution in [3.8, 4) is 17.1 Å². The standard InChI is InChI=1S/C17H15ClN2O/c1-11(2)21-15-8-5-6-12-10-13(18)17(20-16(12)15)14-7-3-4-9-19-14/h3-11H,1-2H3. The summed E-state index contributed by atoms with van der Waals surface area (Å²) in [4.78, 5) is 9.00. The summed E-state index contributed by atoms with van der Waals surface area (Å²) >= 11 is 6.35. The lowest BCUT2D eigenvalue weighted by Crippen LogP contribution is -2.06. The summed E-state index contributed by atoms with van der Waals surface area (Å²) in [6, 6.07) is 13.4. The maximum absolute atomic E-state index is 6.35. The Hall–Kier alpha value is -2.13. The van der Waals surface area contributed by atoms with Gasteiger partial charge in [0.15, 0.2) is 0 Å². The molecule has 4 heteroatoms. The molecule has 3 rings (SSSR count). The lowest BCUT2D eigenvalue weighted by Gasteiger charge is -2.13. The predicted octanol–water partition coefficient (Wildman–Crippen LogP) is 4.74. The average Bonchev–Trinajstić information content (AvgIpc) is 2.47. The smallest absolute Gasteiger partial charge is 0.145 e. The van der Waals surface area contributed by atoms with Crippen molar-refractivity contribution in [2.75, 3.05) is 0 Å². The van der Waals surface area contributed by atoms with Crippen molar-refractivity contribution in [2.24, 2.45) is 0 Å². The number of halogens is 1. The second-order valence-corrected chi connectivity index (χ2v) is 5.44. The third-order valence-corrected chi connectivity index (χ3v) is 3.32. The van der Waals surface area contributed by atoms with Crippen molar-refractivity contribution < 1.29 is 4.74 Å². The molecule has 0 amide bonds. The molecule has 0 aliphatic heterocycles. The van der Waals surface area contributed by atoms with Crippen LogP contribution in [0.15, 0.2) is 48.7 Å². The van der Waals surface area contributed by atoms with Crippen molar-refractivity contribution in [2.45, 2.75) is 20.0 Å². The van der Waals surface area contributed by atoms with Gasteiger partial charge in [0.25, 0.3) is 0 Å². The molecule has 0 aliphatic carbocycles. The van der Waals surface area contributed by atoms with E-state index in [-0.39, 0.29) is 6.10 Å². The highest BCUT2D eigenvalue weighted by Crippen LogP contribution is 2.32. The number of hydrogen-bond donors (Lipinski definition) is 0. The molecule has 106 valence electrons. The SMILES string of the molecule is CC(C)Oc1cccc2cc(Cl)c(-c3ccccn3)nc12. The van der Waals surface area contributed by atoms with Gasteiger partial charge < -0.3 is 4.74 Å². The van der Waals surface area contributed by atoms with Gasteiger partial charge >= 0.3 is 0 Å². The summed E-state index contributed by atoms with van der Waals surface area (Å²) in [5.74, 6) is 0.761. The summed E-state index contributed by atoms with van der Waals surface area (Å²) < 4.78 is 5.83. The molecule has 1 aromatic carbocycles. The summed E-state index contributed by atoms with van der Waals surface area (Å²) in [7, 11) is 0. The molecule has 0 fully saturated rings. The number of aromatic nitrogens is 2. The van der Waals surface area contributed by atoms with Crippen LogP contribution in [0.1, 0.15) is 13.8 Å².